The normalized spacial score (nSPS) is 16.8. The van der Waals surface area contributed by atoms with E-state index in [9.17, 15) is 0 Å². The molecule has 0 aromatic carbocycles. The number of aromatic nitrogens is 1. The van der Waals surface area contributed by atoms with Crippen molar-refractivity contribution in [3.63, 3.8) is 0 Å². The van der Waals surface area contributed by atoms with Gasteiger partial charge in [-0.2, -0.15) is 0 Å². The number of anilines is 2. The van der Waals surface area contributed by atoms with Crippen LogP contribution in [0.25, 0.3) is 0 Å². The molecule has 0 radical (unpaired) electrons. The van der Waals surface area contributed by atoms with Crippen LogP contribution >= 0.6 is 11.3 Å². The topological polar surface area (TPSA) is 42.1 Å². The van der Waals surface area contributed by atoms with E-state index >= 15 is 0 Å². The van der Waals surface area contributed by atoms with E-state index in [2.05, 4.69) is 22.0 Å². The molecule has 2 heterocycles. The predicted molar refractivity (Wildman–Crippen MR) is 52.5 cm³/mol. The first kappa shape index (κ1) is 7.61. The zero-order valence-corrected chi connectivity index (χ0v) is 7.55. The average Bonchev–Trinajstić information content (AvgIpc) is 2.54. The summed E-state index contributed by atoms with van der Waals surface area (Å²) in [7, 11) is 0. The highest BCUT2D eigenvalue weighted by molar-refractivity contribution is 7.19. The fraction of sp³-hybridized carbons (Fsp3) is 0.375. The Morgan fingerprint density at radius 2 is 2.42 bits per heavy atom. The summed E-state index contributed by atoms with van der Waals surface area (Å²) >= 11 is 1.55. The lowest BCUT2D eigenvalue weighted by molar-refractivity contribution is 0.816. The van der Waals surface area contributed by atoms with Crippen LogP contribution in [0.1, 0.15) is 6.42 Å². The van der Waals surface area contributed by atoms with Gasteiger partial charge >= 0.3 is 0 Å². The highest BCUT2D eigenvalue weighted by Crippen LogP contribution is 2.24. The first-order valence-corrected chi connectivity index (χ1v) is 4.79. The largest absolute Gasteiger partial charge is 0.389 e. The summed E-state index contributed by atoms with van der Waals surface area (Å²) in [5.41, 5.74) is 5.60. The van der Waals surface area contributed by atoms with Gasteiger partial charge in [0, 0.05) is 13.1 Å². The summed E-state index contributed by atoms with van der Waals surface area (Å²) in [6.45, 7) is 2.02. The fourth-order valence-corrected chi connectivity index (χ4v) is 1.95. The van der Waals surface area contributed by atoms with Crippen molar-refractivity contribution in [1.29, 1.82) is 0 Å². The molecule has 0 bridgehead atoms. The summed E-state index contributed by atoms with van der Waals surface area (Å²) in [5.74, 6) is 0. The van der Waals surface area contributed by atoms with Gasteiger partial charge in [0.15, 0.2) is 5.13 Å². The predicted octanol–water partition coefficient (Wildman–Crippen LogP) is 1.49. The summed E-state index contributed by atoms with van der Waals surface area (Å²) in [6.07, 6.45) is 7.20. The zero-order chi connectivity index (χ0) is 8.39. The lowest BCUT2D eigenvalue weighted by Gasteiger charge is -2.21. The van der Waals surface area contributed by atoms with Gasteiger partial charge in [0.25, 0.3) is 0 Å². The van der Waals surface area contributed by atoms with E-state index in [1.807, 2.05) is 0 Å². The zero-order valence-electron chi connectivity index (χ0n) is 6.73. The van der Waals surface area contributed by atoms with E-state index in [0.717, 1.165) is 29.6 Å². The summed E-state index contributed by atoms with van der Waals surface area (Å²) < 4.78 is 0. The lowest BCUT2D eigenvalue weighted by Crippen LogP contribution is -2.26. The van der Waals surface area contributed by atoms with Gasteiger partial charge in [-0.3, -0.25) is 0 Å². The molecule has 1 aliphatic heterocycles. The number of hydrogen-bond donors (Lipinski definition) is 1. The Balaban J connectivity index is 2.14. The van der Waals surface area contributed by atoms with Crippen molar-refractivity contribution in [3.05, 3.63) is 18.3 Å². The van der Waals surface area contributed by atoms with Gasteiger partial charge in [0.2, 0.25) is 0 Å². The molecule has 0 atom stereocenters. The van der Waals surface area contributed by atoms with Crippen LogP contribution in [0.3, 0.4) is 0 Å². The second-order valence-electron chi connectivity index (χ2n) is 2.75. The third-order valence-electron chi connectivity index (χ3n) is 1.84. The van der Waals surface area contributed by atoms with E-state index in [-0.39, 0.29) is 0 Å². The molecule has 0 amide bonds. The van der Waals surface area contributed by atoms with Crippen LogP contribution in [0.5, 0.6) is 0 Å². The first-order chi connectivity index (χ1) is 5.86. The third kappa shape index (κ3) is 1.43. The van der Waals surface area contributed by atoms with E-state index in [0.29, 0.717) is 0 Å². The highest BCUT2D eigenvalue weighted by atomic mass is 32.1. The molecule has 0 unspecified atom stereocenters. The van der Waals surface area contributed by atoms with Gasteiger partial charge in [-0.25, -0.2) is 4.98 Å². The lowest BCUT2D eigenvalue weighted by atomic mass is 10.3. The molecule has 0 fully saturated rings. The van der Waals surface area contributed by atoms with E-state index in [4.69, 9.17) is 5.73 Å². The Bertz CT molecular complexity index is 292. The minimum absolute atomic E-state index is 0.791. The molecule has 12 heavy (non-hydrogen) atoms. The molecule has 1 aromatic rings. The van der Waals surface area contributed by atoms with E-state index < -0.39 is 0 Å². The van der Waals surface area contributed by atoms with Gasteiger partial charge in [0.1, 0.15) is 5.00 Å². The van der Waals surface area contributed by atoms with Crippen LogP contribution in [-0.2, 0) is 0 Å². The number of nitrogens with zero attached hydrogens (tertiary/aromatic N) is 2. The van der Waals surface area contributed by atoms with Gasteiger partial charge in [-0.05, 0) is 6.42 Å². The Kier molecular flexibility index (Phi) is 1.99. The average molecular weight is 181 g/mol. The standard InChI is InChI=1S/C8H11N3S/c9-7-6-10-8(12-7)11-4-2-1-3-5-11/h1-2,6H,3-5,9H2. The second-order valence-corrected chi connectivity index (χ2v) is 3.79. The van der Waals surface area contributed by atoms with Crippen molar-refractivity contribution in [2.24, 2.45) is 0 Å². The number of hydrogen-bond acceptors (Lipinski definition) is 4. The van der Waals surface area contributed by atoms with Crippen LogP contribution in [0.2, 0.25) is 0 Å². The molecule has 0 saturated heterocycles. The smallest absolute Gasteiger partial charge is 0.187 e. The Morgan fingerprint density at radius 1 is 1.50 bits per heavy atom. The van der Waals surface area contributed by atoms with E-state index in [1.54, 1.807) is 17.5 Å². The van der Waals surface area contributed by atoms with Crippen LogP contribution < -0.4 is 10.6 Å². The third-order valence-corrected chi connectivity index (χ3v) is 2.73. The van der Waals surface area contributed by atoms with Crippen molar-refractivity contribution in [3.8, 4) is 0 Å². The van der Waals surface area contributed by atoms with Crippen molar-refractivity contribution < 1.29 is 0 Å². The van der Waals surface area contributed by atoms with E-state index in [1.165, 1.54) is 0 Å². The van der Waals surface area contributed by atoms with Crippen LogP contribution in [0.4, 0.5) is 10.1 Å². The van der Waals surface area contributed by atoms with Crippen molar-refractivity contribution in [2.45, 2.75) is 6.42 Å². The molecule has 4 heteroatoms. The minimum Gasteiger partial charge on any atom is -0.389 e. The molecule has 2 rings (SSSR count). The maximum absolute atomic E-state index is 5.60. The molecule has 0 spiro atoms. The van der Waals surface area contributed by atoms with Crippen molar-refractivity contribution in [2.75, 3.05) is 23.7 Å². The monoisotopic (exact) mass is 181 g/mol. The van der Waals surface area contributed by atoms with Crippen molar-refractivity contribution >= 4 is 21.5 Å². The molecule has 1 aliphatic rings. The second kappa shape index (κ2) is 3.15. The molecule has 3 nitrogen and oxygen atoms in total. The highest BCUT2D eigenvalue weighted by Gasteiger charge is 2.09. The molecular weight excluding hydrogens is 170 g/mol. The maximum Gasteiger partial charge on any atom is 0.187 e. The molecular formula is C8H11N3S. The van der Waals surface area contributed by atoms with Gasteiger partial charge in [-0.15, -0.1) is 0 Å². The van der Waals surface area contributed by atoms with Crippen molar-refractivity contribution in [1.82, 2.24) is 4.98 Å². The Morgan fingerprint density at radius 3 is 3.00 bits per heavy atom. The van der Waals surface area contributed by atoms with Crippen LogP contribution in [0.15, 0.2) is 18.3 Å². The molecule has 64 valence electrons. The Labute approximate surface area is 75.5 Å². The number of nitrogen functional groups attached to an aromatic ring is 1. The first-order valence-electron chi connectivity index (χ1n) is 3.97. The molecule has 1 aromatic heterocycles. The Hall–Kier alpha value is -1.03. The molecule has 2 N–H and O–H groups in total. The fourth-order valence-electron chi connectivity index (χ4n) is 1.24. The summed E-state index contributed by atoms with van der Waals surface area (Å²) in [4.78, 5) is 6.46. The minimum atomic E-state index is 0.791. The molecule has 0 saturated carbocycles. The summed E-state index contributed by atoms with van der Waals surface area (Å²) in [5, 5.41) is 1.83. The SMILES string of the molecule is Nc1cnc(N2CC=CCC2)s1. The number of rotatable bonds is 1. The quantitative estimate of drug-likeness (QED) is 0.667. The van der Waals surface area contributed by atoms with Crippen LogP contribution in [-0.4, -0.2) is 18.1 Å². The van der Waals surface area contributed by atoms with Crippen LogP contribution in [0, 0.1) is 0 Å². The van der Waals surface area contributed by atoms with Gasteiger partial charge in [0.05, 0.1) is 6.20 Å². The van der Waals surface area contributed by atoms with Gasteiger partial charge in [-0.1, -0.05) is 23.5 Å². The number of thiazole rings is 1. The van der Waals surface area contributed by atoms with Gasteiger partial charge < -0.3 is 10.6 Å². The summed E-state index contributed by atoms with van der Waals surface area (Å²) in [6, 6.07) is 0. The number of nitrogens with two attached hydrogens (primary N) is 1. The maximum atomic E-state index is 5.60. The molecule has 0 aliphatic carbocycles.